The average Bonchev–Trinajstić information content (AvgIpc) is 2.87. The SMILES string of the molecule is CC/C=C/C(=O)OCC(=O)Nc1c(C)nn(-c2ccccc2)c1C. The third-order valence-electron chi connectivity index (χ3n) is 3.39. The van der Waals surface area contributed by atoms with Crippen molar-refractivity contribution in [1.82, 2.24) is 9.78 Å². The van der Waals surface area contributed by atoms with E-state index in [9.17, 15) is 9.59 Å². The Morgan fingerprint density at radius 2 is 1.96 bits per heavy atom. The van der Waals surface area contributed by atoms with E-state index in [0.717, 1.165) is 17.8 Å². The summed E-state index contributed by atoms with van der Waals surface area (Å²) in [5.41, 5.74) is 3.05. The Morgan fingerprint density at radius 3 is 2.62 bits per heavy atom. The number of hydrogen-bond acceptors (Lipinski definition) is 4. The number of para-hydroxylation sites is 1. The molecule has 1 heterocycles. The highest BCUT2D eigenvalue weighted by Gasteiger charge is 2.15. The maximum absolute atomic E-state index is 12.0. The van der Waals surface area contributed by atoms with Crippen LogP contribution in [0.1, 0.15) is 24.7 Å². The number of allylic oxidation sites excluding steroid dienone is 1. The van der Waals surface area contributed by atoms with Crippen molar-refractivity contribution < 1.29 is 14.3 Å². The van der Waals surface area contributed by atoms with Crippen LogP contribution in [0.3, 0.4) is 0 Å². The molecule has 0 radical (unpaired) electrons. The summed E-state index contributed by atoms with van der Waals surface area (Å²) in [6.07, 6.45) is 3.73. The first-order valence-corrected chi connectivity index (χ1v) is 7.77. The zero-order valence-electron chi connectivity index (χ0n) is 14.1. The molecular weight excluding hydrogens is 306 g/mol. The number of hydrogen-bond donors (Lipinski definition) is 1. The second-order valence-electron chi connectivity index (χ2n) is 5.26. The van der Waals surface area contributed by atoms with Gasteiger partial charge in [0.1, 0.15) is 0 Å². The molecular formula is C18H21N3O3. The first-order valence-electron chi connectivity index (χ1n) is 7.77. The van der Waals surface area contributed by atoms with Gasteiger partial charge in [-0.15, -0.1) is 0 Å². The van der Waals surface area contributed by atoms with Crippen molar-refractivity contribution in [2.24, 2.45) is 0 Å². The Balaban J connectivity index is 2.05. The molecule has 0 unspecified atom stereocenters. The van der Waals surface area contributed by atoms with Crippen molar-refractivity contribution in [3.05, 3.63) is 53.9 Å². The quantitative estimate of drug-likeness (QED) is 0.654. The van der Waals surface area contributed by atoms with E-state index in [-0.39, 0.29) is 6.61 Å². The molecule has 1 amide bonds. The lowest BCUT2D eigenvalue weighted by Gasteiger charge is -2.07. The lowest BCUT2D eigenvalue weighted by molar-refractivity contribution is -0.142. The normalized spacial score (nSPS) is 10.8. The van der Waals surface area contributed by atoms with E-state index in [1.807, 2.05) is 51.1 Å². The molecule has 0 aliphatic carbocycles. The van der Waals surface area contributed by atoms with Crippen LogP contribution in [0.15, 0.2) is 42.5 Å². The number of amides is 1. The van der Waals surface area contributed by atoms with Crippen molar-refractivity contribution in [2.75, 3.05) is 11.9 Å². The lowest BCUT2D eigenvalue weighted by atomic mass is 10.3. The topological polar surface area (TPSA) is 73.2 Å². The van der Waals surface area contributed by atoms with Gasteiger partial charge in [0, 0.05) is 6.08 Å². The van der Waals surface area contributed by atoms with Crippen LogP contribution in [0.2, 0.25) is 0 Å². The summed E-state index contributed by atoms with van der Waals surface area (Å²) in [7, 11) is 0. The van der Waals surface area contributed by atoms with Gasteiger partial charge in [0.15, 0.2) is 6.61 Å². The monoisotopic (exact) mass is 327 g/mol. The molecule has 24 heavy (non-hydrogen) atoms. The van der Waals surface area contributed by atoms with Gasteiger partial charge in [-0.05, 0) is 32.4 Å². The molecule has 0 aliphatic heterocycles. The van der Waals surface area contributed by atoms with Crippen molar-refractivity contribution >= 4 is 17.6 Å². The predicted octanol–water partition coefficient (Wildman–Crippen LogP) is 2.94. The minimum Gasteiger partial charge on any atom is -0.452 e. The molecule has 1 N–H and O–H groups in total. The molecule has 2 aromatic rings. The van der Waals surface area contributed by atoms with Crippen molar-refractivity contribution in [2.45, 2.75) is 27.2 Å². The number of esters is 1. The fourth-order valence-electron chi connectivity index (χ4n) is 2.22. The summed E-state index contributed by atoms with van der Waals surface area (Å²) in [4.78, 5) is 23.4. The van der Waals surface area contributed by atoms with Gasteiger partial charge in [-0.25, -0.2) is 9.48 Å². The molecule has 126 valence electrons. The van der Waals surface area contributed by atoms with E-state index in [4.69, 9.17) is 4.74 Å². The summed E-state index contributed by atoms with van der Waals surface area (Å²) in [6, 6.07) is 9.65. The summed E-state index contributed by atoms with van der Waals surface area (Å²) in [5.74, 6) is -0.924. The van der Waals surface area contributed by atoms with Crippen LogP contribution in [-0.2, 0) is 14.3 Å². The Hall–Kier alpha value is -2.89. The zero-order chi connectivity index (χ0) is 17.5. The molecule has 2 rings (SSSR count). The van der Waals surface area contributed by atoms with Crippen LogP contribution in [0, 0.1) is 13.8 Å². The summed E-state index contributed by atoms with van der Waals surface area (Å²) in [5, 5.41) is 7.21. The summed E-state index contributed by atoms with van der Waals surface area (Å²) in [6.45, 7) is 5.27. The standard InChI is InChI=1S/C18H21N3O3/c1-4-5-11-17(23)24-12-16(22)19-18-13(2)20-21(14(18)3)15-9-7-6-8-10-15/h5-11H,4,12H2,1-3H3,(H,19,22)/b11-5+. The van der Waals surface area contributed by atoms with E-state index in [0.29, 0.717) is 11.4 Å². The van der Waals surface area contributed by atoms with Gasteiger partial charge in [-0.2, -0.15) is 5.10 Å². The van der Waals surface area contributed by atoms with Crippen molar-refractivity contribution in [3.8, 4) is 5.69 Å². The van der Waals surface area contributed by atoms with Gasteiger partial charge in [0.05, 0.1) is 22.8 Å². The molecule has 0 aliphatic rings. The Labute approximate surface area is 141 Å². The Morgan fingerprint density at radius 1 is 1.25 bits per heavy atom. The van der Waals surface area contributed by atoms with Gasteiger partial charge < -0.3 is 10.1 Å². The van der Waals surface area contributed by atoms with Gasteiger partial charge in [-0.3, -0.25) is 4.79 Å². The number of ether oxygens (including phenoxy) is 1. The third kappa shape index (κ3) is 4.32. The number of aryl methyl sites for hydroxylation is 1. The third-order valence-corrected chi connectivity index (χ3v) is 3.39. The van der Waals surface area contributed by atoms with Crippen LogP contribution in [0.25, 0.3) is 5.69 Å². The molecule has 0 saturated heterocycles. The first-order chi connectivity index (χ1) is 11.5. The molecule has 0 bridgehead atoms. The number of nitrogens with one attached hydrogen (secondary N) is 1. The number of rotatable bonds is 6. The average molecular weight is 327 g/mol. The second-order valence-corrected chi connectivity index (χ2v) is 5.26. The minimum atomic E-state index is -0.527. The highest BCUT2D eigenvalue weighted by molar-refractivity contribution is 5.94. The molecule has 1 aromatic heterocycles. The Bertz CT molecular complexity index is 748. The van der Waals surface area contributed by atoms with Crippen molar-refractivity contribution in [3.63, 3.8) is 0 Å². The van der Waals surface area contributed by atoms with Crippen LogP contribution in [0.4, 0.5) is 5.69 Å². The van der Waals surface area contributed by atoms with E-state index in [1.165, 1.54) is 6.08 Å². The predicted molar refractivity (Wildman–Crippen MR) is 92.1 cm³/mol. The molecule has 6 nitrogen and oxygen atoms in total. The zero-order valence-corrected chi connectivity index (χ0v) is 14.1. The maximum atomic E-state index is 12.0. The van der Waals surface area contributed by atoms with Crippen LogP contribution < -0.4 is 5.32 Å². The lowest BCUT2D eigenvalue weighted by Crippen LogP contribution is -2.20. The number of nitrogens with zero attached hydrogens (tertiary/aromatic N) is 2. The summed E-state index contributed by atoms with van der Waals surface area (Å²) >= 11 is 0. The molecule has 6 heteroatoms. The van der Waals surface area contributed by atoms with E-state index < -0.39 is 11.9 Å². The molecule has 0 saturated carbocycles. The van der Waals surface area contributed by atoms with E-state index in [2.05, 4.69) is 10.4 Å². The van der Waals surface area contributed by atoms with Gasteiger partial charge >= 0.3 is 5.97 Å². The number of anilines is 1. The molecule has 0 fully saturated rings. The van der Waals surface area contributed by atoms with Gasteiger partial charge in [0.2, 0.25) is 0 Å². The smallest absolute Gasteiger partial charge is 0.330 e. The maximum Gasteiger partial charge on any atom is 0.330 e. The Kier molecular flexibility index (Phi) is 5.89. The van der Waals surface area contributed by atoms with E-state index >= 15 is 0 Å². The highest BCUT2D eigenvalue weighted by atomic mass is 16.5. The number of aromatic nitrogens is 2. The first kappa shape index (κ1) is 17.5. The van der Waals surface area contributed by atoms with Crippen LogP contribution >= 0.6 is 0 Å². The highest BCUT2D eigenvalue weighted by Crippen LogP contribution is 2.22. The summed E-state index contributed by atoms with van der Waals surface area (Å²) < 4.78 is 6.65. The second kappa shape index (κ2) is 8.10. The largest absolute Gasteiger partial charge is 0.452 e. The fourth-order valence-corrected chi connectivity index (χ4v) is 2.22. The molecule has 0 atom stereocenters. The van der Waals surface area contributed by atoms with Crippen LogP contribution in [-0.4, -0.2) is 28.3 Å². The number of carbonyl (C=O) groups excluding carboxylic acids is 2. The molecule has 1 aromatic carbocycles. The fraction of sp³-hybridized carbons (Fsp3) is 0.278. The van der Waals surface area contributed by atoms with Gasteiger partial charge in [-0.1, -0.05) is 31.2 Å². The van der Waals surface area contributed by atoms with E-state index in [1.54, 1.807) is 10.8 Å². The minimum absolute atomic E-state index is 0.331. The van der Waals surface area contributed by atoms with Gasteiger partial charge in [0.25, 0.3) is 5.91 Å². The van der Waals surface area contributed by atoms with Crippen LogP contribution in [0.5, 0.6) is 0 Å². The number of carbonyl (C=O) groups is 2. The molecule has 0 spiro atoms. The van der Waals surface area contributed by atoms with Crippen molar-refractivity contribution in [1.29, 1.82) is 0 Å². The number of benzene rings is 1.